The molecule has 8 heteroatoms. The summed E-state index contributed by atoms with van der Waals surface area (Å²) in [6.45, 7) is 4.47. The van der Waals surface area contributed by atoms with E-state index in [9.17, 15) is 4.79 Å². The highest BCUT2D eigenvalue weighted by Crippen LogP contribution is 2.24. The van der Waals surface area contributed by atoms with Crippen LogP contribution in [0.1, 0.15) is 37.7 Å². The van der Waals surface area contributed by atoms with E-state index in [1.54, 1.807) is 4.40 Å². The van der Waals surface area contributed by atoms with Gasteiger partial charge in [-0.3, -0.25) is 9.20 Å². The van der Waals surface area contributed by atoms with Crippen LogP contribution in [0.25, 0.3) is 5.65 Å². The number of halogens is 1. The summed E-state index contributed by atoms with van der Waals surface area (Å²) in [7, 11) is 2.15. The quantitative estimate of drug-likeness (QED) is 0.549. The SMILES string of the molecule is CN1CCN(c2ccn3c(=O)c(CNC4CCCCC4)c(Nc4cccc(Cl)c4)nc3c2)CC1. The van der Waals surface area contributed by atoms with Crippen LogP contribution < -0.4 is 21.1 Å². The lowest BCUT2D eigenvalue weighted by atomic mass is 9.95. The Labute approximate surface area is 205 Å². The van der Waals surface area contributed by atoms with Crippen LogP contribution in [0.15, 0.2) is 47.4 Å². The molecule has 0 amide bonds. The number of rotatable bonds is 6. The van der Waals surface area contributed by atoms with Crippen molar-refractivity contribution in [2.45, 2.75) is 44.7 Å². The maximum Gasteiger partial charge on any atom is 0.264 e. The first-order valence-electron chi connectivity index (χ1n) is 12.3. The molecule has 1 aromatic carbocycles. The average molecular weight is 481 g/mol. The van der Waals surface area contributed by atoms with Gasteiger partial charge in [-0.05, 0) is 44.2 Å². The van der Waals surface area contributed by atoms with E-state index < -0.39 is 0 Å². The van der Waals surface area contributed by atoms with Crippen LogP contribution in [-0.2, 0) is 6.54 Å². The second-order valence-electron chi connectivity index (χ2n) is 9.50. The first kappa shape index (κ1) is 23.1. The van der Waals surface area contributed by atoms with E-state index in [2.05, 4.69) is 27.5 Å². The Morgan fingerprint density at radius 2 is 1.85 bits per heavy atom. The average Bonchev–Trinajstić information content (AvgIpc) is 2.85. The molecule has 1 saturated heterocycles. The fraction of sp³-hybridized carbons (Fsp3) is 0.462. The van der Waals surface area contributed by atoms with E-state index >= 15 is 0 Å². The molecule has 2 fully saturated rings. The lowest BCUT2D eigenvalue weighted by Crippen LogP contribution is -2.44. The molecule has 0 spiro atoms. The molecule has 2 aromatic heterocycles. The molecule has 0 bridgehead atoms. The first-order valence-corrected chi connectivity index (χ1v) is 12.7. The third-order valence-corrected chi connectivity index (χ3v) is 7.27. The number of pyridine rings is 1. The summed E-state index contributed by atoms with van der Waals surface area (Å²) in [6.07, 6.45) is 7.98. The minimum absolute atomic E-state index is 0.0391. The van der Waals surface area contributed by atoms with Crippen molar-refractivity contribution in [2.75, 3.05) is 43.4 Å². The van der Waals surface area contributed by atoms with Crippen molar-refractivity contribution in [1.29, 1.82) is 0 Å². The number of nitrogens with zero attached hydrogens (tertiary/aromatic N) is 4. The van der Waals surface area contributed by atoms with Gasteiger partial charge in [0, 0.05) is 67.4 Å². The molecular formula is C26H33ClN6O. The minimum atomic E-state index is -0.0391. The summed E-state index contributed by atoms with van der Waals surface area (Å²) >= 11 is 6.21. The molecular weight excluding hydrogens is 448 g/mol. The van der Waals surface area contributed by atoms with Crippen LogP contribution in [0.5, 0.6) is 0 Å². The van der Waals surface area contributed by atoms with Gasteiger partial charge in [-0.25, -0.2) is 4.98 Å². The Kier molecular flexibility index (Phi) is 7.04. The molecule has 180 valence electrons. The molecule has 5 rings (SSSR count). The normalized spacial score (nSPS) is 17.9. The second kappa shape index (κ2) is 10.3. The van der Waals surface area contributed by atoms with Crippen molar-refractivity contribution in [3.63, 3.8) is 0 Å². The van der Waals surface area contributed by atoms with Gasteiger partial charge in [-0.2, -0.15) is 0 Å². The Morgan fingerprint density at radius 3 is 2.62 bits per heavy atom. The van der Waals surface area contributed by atoms with Crippen molar-refractivity contribution in [3.8, 4) is 0 Å². The minimum Gasteiger partial charge on any atom is -0.369 e. The molecule has 2 aliphatic rings. The molecule has 1 saturated carbocycles. The zero-order valence-corrected chi connectivity index (χ0v) is 20.5. The Morgan fingerprint density at radius 1 is 1.06 bits per heavy atom. The third-order valence-electron chi connectivity index (χ3n) is 7.04. The molecule has 2 N–H and O–H groups in total. The molecule has 1 aliphatic heterocycles. The fourth-order valence-electron chi connectivity index (χ4n) is 4.94. The van der Waals surface area contributed by atoms with E-state index in [-0.39, 0.29) is 5.56 Å². The number of hydrogen-bond acceptors (Lipinski definition) is 6. The van der Waals surface area contributed by atoms with Gasteiger partial charge in [0.25, 0.3) is 5.56 Å². The molecule has 34 heavy (non-hydrogen) atoms. The number of benzene rings is 1. The van der Waals surface area contributed by atoms with Gasteiger partial charge in [0.1, 0.15) is 11.5 Å². The standard InChI is InChI=1S/C26H33ClN6O/c1-31-12-14-32(15-13-31)22-10-11-33-24(17-22)30-25(29-21-9-5-6-19(27)16-21)23(26(33)34)18-28-20-7-3-2-4-8-20/h5-6,9-11,16-17,20,28-29H,2-4,7-8,12-15,18H2,1H3. The molecule has 0 radical (unpaired) electrons. The molecule has 0 unspecified atom stereocenters. The van der Waals surface area contributed by atoms with Gasteiger partial charge in [0.15, 0.2) is 0 Å². The zero-order chi connectivity index (χ0) is 23.5. The van der Waals surface area contributed by atoms with Crippen LogP contribution in [0, 0.1) is 0 Å². The largest absolute Gasteiger partial charge is 0.369 e. The van der Waals surface area contributed by atoms with E-state index in [4.69, 9.17) is 16.6 Å². The number of aromatic nitrogens is 2. The fourth-order valence-corrected chi connectivity index (χ4v) is 5.13. The number of likely N-dealkylation sites (N-methyl/N-ethyl adjacent to an activating group) is 1. The van der Waals surface area contributed by atoms with Gasteiger partial charge < -0.3 is 20.4 Å². The van der Waals surface area contributed by atoms with Gasteiger partial charge >= 0.3 is 0 Å². The van der Waals surface area contributed by atoms with Crippen LogP contribution in [0.3, 0.4) is 0 Å². The number of hydrogen-bond donors (Lipinski definition) is 2. The van der Waals surface area contributed by atoms with Crippen molar-refractivity contribution in [3.05, 3.63) is 63.5 Å². The predicted molar refractivity (Wildman–Crippen MR) is 140 cm³/mol. The summed E-state index contributed by atoms with van der Waals surface area (Å²) in [5.41, 5.74) is 3.17. The van der Waals surface area contributed by atoms with E-state index in [1.807, 2.05) is 42.6 Å². The number of nitrogens with one attached hydrogen (secondary N) is 2. The maximum atomic E-state index is 13.6. The predicted octanol–water partition coefficient (Wildman–Crippen LogP) is 4.27. The Hall–Kier alpha value is -2.61. The van der Waals surface area contributed by atoms with Gasteiger partial charge in [-0.1, -0.05) is 36.9 Å². The highest BCUT2D eigenvalue weighted by molar-refractivity contribution is 6.30. The van der Waals surface area contributed by atoms with Crippen molar-refractivity contribution >= 4 is 34.4 Å². The van der Waals surface area contributed by atoms with Crippen molar-refractivity contribution in [2.24, 2.45) is 0 Å². The number of piperazine rings is 1. The number of fused-ring (bicyclic) bond motifs is 1. The third kappa shape index (κ3) is 5.22. The maximum absolute atomic E-state index is 13.6. The first-order chi connectivity index (χ1) is 16.6. The molecule has 0 atom stereocenters. The number of anilines is 3. The lowest BCUT2D eigenvalue weighted by molar-refractivity contribution is 0.313. The molecule has 3 heterocycles. The lowest BCUT2D eigenvalue weighted by Gasteiger charge is -2.34. The topological polar surface area (TPSA) is 64.9 Å². The highest BCUT2D eigenvalue weighted by Gasteiger charge is 2.19. The molecule has 3 aromatic rings. The van der Waals surface area contributed by atoms with Crippen LogP contribution in [0.4, 0.5) is 17.2 Å². The summed E-state index contributed by atoms with van der Waals surface area (Å²) in [5.74, 6) is 0.589. The Bertz CT molecular complexity index is 1200. The summed E-state index contributed by atoms with van der Waals surface area (Å²) in [4.78, 5) is 23.2. The zero-order valence-electron chi connectivity index (χ0n) is 19.8. The van der Waals surface area contributed by atoms with E-state index in [0.717, 1.165) is 50.4 Å². The molecule has 1 aliphatic carbocycles. The second-order valence-corrected chi connectivity index (χ2v) is 9.94. The smallest absolute Gasteiger partial charge is 0.264 e. The highest BCUT2D eigenvalue weighted by atomic mass is 35.5. The van der Waals surface area contributed by atoms with E-state index in [1.165, 1.54) is 19.3 Å². The van der Waals surface area contributed by atoms with Gasteiger partial charge in [0.2, 0.25) is 0 Å². The Balaban J connectivity index is 1.50. The van der Waals surface area contributed by atoms with Crippen LogP contribution >= 0.6 is 11.6 Å². The summed E-state index contributed by atoms with van der Waals surface area (Å²) < 4.78 is 1.67. The van der Waals surface area contributed by atoms with Gasteiger partial charge in [0.05, 0.1) is 5.56 Å². The van der Waals surface area contributed by atoms with Gasteiger partial charge in [-0.15, -0.1) is 0 Å². The monoisotopic (exact) mass is 480 g/mol. The molecule has 7 nitrogen and oxygen atoms in total. The van der Waals surface area contributed by atoms with Crippen LogP contribution in [-0.4, -0.2) is 53.6 Å². The van der Waals surface area contributed by atoms with Crippen LogP contribution in [0.2, 0.25) is 5.02 Å². The van der Waals surface area contributed by atoms with Crippen molar-refractivity contribution in [1.82, 2.24) is 19.6 Å². The summed E-state index contributed by atoms with van der Waals surface area (Å²) in [5, 5.41) is 7.63. The van der Waals surface area contributed by atoms with E-state index in [0.29, 0.717) is 34.6 Å². The van der Waals surface area contributed by atoms with Crippen molar-refractivity contribution < 1.29 is 0 Å². The summed E-state index contributed by atoms with van der Waals surface area (Å²) in [6, 6.07) is 12.0.